The maximum absolute atomic E-state index is 10.6. The molecule has 1 aromatic heterocycles. The van der Waals surface area contributed by atoms with E-state index in [-0.39, 0.29) is 0 Å². The maximum Gasteiger partial charge on any atom is 0.415 e. The highest BCUT2D eigenvalue weighted by Gasteiger charge is 2.03. The second-order valence-electron chi connectivity index (χ2n) is 2.84. The van der Waals surface area contributed by atoms with Gasteiger partial charge in [0.25, 0.3) is 0 Å². The van der Waals surface area contributed by atoms with E-state index in [0.29, 0.717) is 5.69 Å². The van der Waals surface area contributed by atoms with E-state index in [0.717, 1.165) is 15.3 Å². The van der Waals surface area contributed by atoms with Gasteiger partial charge in [-0.3, -0.25) is 4.57 Å². The van der Waals surface area contributed by atoms with Gasteiger partial charge in [0, 0.05) is 28.9 Å². The van der Waals surface area contributed by atoms with Crippen molar-refractivity contribution in [1.29, 1.82) is 0 Å². The van der Waals surface area contributed by atoms with E-state index in [2.05, 4.69) is 0 Å². The van der Waals surface area contributed by atoms with Crippen LogP contribution in [0.25, 0.3) is 10.8 Å². The van der Waals surface area contributed by atoms with Gasteiger partial charge >= 0.3 is 6.09 Å². The molecule has 0 aliphatic rings. The zero-order chi connectivity index (χ0) is 9.42. The van der Waals surface area contributed by atoms with Crippen molar-refractivity contribution >= 4 is 22.6 Å². The molecule has 0 amide bonds. The average Bonchev–Trinajstić information content (AvgIpc) is 2.46. The smallest absolute Gasteiger partial charge is 0.415 e. The molecule has 0 aliphatic carbocycles. The summed E-state index contributed by atoms with van der Waals surface area (Å²) in [7, 11) is 0. The number of nitrogen functional groups attached to an aromatic ring is 1. The normalized spacial score (nSPS) is 10.5. The van der Waals surface area contributed by atoms with Crippen molar-refractivity contribution in [2.45, 2.75) is 0 Å². The topological polar surface area (TPSA) is 68.2 Å². The van der Waals surface area contributed by atoms with E-state index in [4.69, 9.17) is 10.8 Å². The van der Waals surface area contributed by atoms with Crippen LogP contribution in [-0.4, -0.2) is 15.8 Å². The van der Waals surface area contributed by atoms with Crippen LogP contribution in [0, 0.1) is 0 Å². The molecule has 0 saturated heterocycles. The molecular weight excluding hydrogens is 168 g/mol. The molecule has 1 heterocycles. The summed E-state index contributed by atoms with van der Waals surface area (Å²) in [5, 5.41) is 10.4. The van der Waals surface area contributed by atoms with Gasteiger partial charge in [0.05, 0.1) is 0 Å². The molecule has 0 radical (unpaired) electrons. The van der Waals surface area contributed by atoms with Crippen molar-refractivity contribution in [3.63, 3.8) is 0 Å². The Labute approximate surface area is 74.2 Å². The third-order valence-corrected chi connectivity index (χ3v) is 1.89. The lowest BCUT2D eigenvalue weighted by atomic mass is 10.2. The minimum atomic E-state index is -0.991. The number of aromatic nitrogens is 1. The maximum atomic E-state index is 10.6. The second kappa shape index (κ2) is 2.52. The van der Waals surface area contributed by atoms with Crippen LogP contribution in [0.15, 0.2) is 30.6 Å². The number of carboxylic acid groups (broad SMARTS) is 1. The van der Waals surface area contributed by atoms with Gasteiger partial charge in [-0.15, -0.1) is 0 Å². The van der Waals surface area contributed by atoms with Crippen molar-refractivity contribution in [3.8, 4) is 0 Å². The largest absolute Gasteiger partial charge is 0.464 e. The molecule has 4 nitrogen and oxygen atoms in total. The fourth-order valence-electron chi connectivity index (χ4n) is 1.27. The molecule has 13 heavy (non-hydrogen) atoms. The fourth-order valence-corrected chi connectivity index (χ4v) is 1.27. The first-order valence-corrected chi connectivity index (χ1v) is 3.77. The summed E-state index contributed by atoms with van der Waals surface area (Å²) in [6.07, 6.45) is 2.10. The standard InChI is InChI=1S/C9H8N2O2/c10-8-2-1-6-4-11(9(12)13)5-7(6)3-8/h1-5H,10H2,(H,12,13). The van der Waals surface area contributed by atoms with Crippen molar-refractivity contribution in [2.75, 3.05) is 5.73 Å². The number of anilines is 1. The number of nitrogens with two attached hydrogens (primary N) is 1. The first-order chi connectivity index (χ1) is 6.16. The summed E-state index contributed by atoms with van der Waals surface area (Å²) < 4.78 is 1.12. The van der Waals surface area contributed by atoms with Crippen LogP contribution >= 0.6 is 0 Å². The van der Waals surface area contributed by atoms with Crippen LogP contribution in [0.2, 0.25) is 0 Å². The van der Waals surface area contributed by atoms with Crippen molar-refractivity contribution in [3.05, 3.63) is 30.6 Å². The predicted octanol–water partition coefficient (Wildman–Crippen LogP) is 1.75. The molecule has 0 bridgehead atoms. The Morgan fingerprint density at radius 2 is 2.00 bits per heavy atom. The first kappa shape index (κ1) is 7.67. The number of hydrogen-bond donors (Lipinski definition) is 2. The molecule has 2 aromatic rings. The lowest BCUT2D eigenvalue weighted by Gasteiger charge is -1.90. The van der Waals surface area contributed by atoms with Gasteiger partial charge in [-0.05, 0) is 12.1 Å². The number of carbonyl (C=O) groups is 1. The summed E-state index contributed by atoms with van der Waals surface area (Å²) in [6.45, 7) is 0. The van der Waals surface area contributed by atoms with Crippen LogP contribution in [0.1, 0.15) is 0 Å². The Hall–Kier alpha value is -1.97. The molecule has 0 spiro atoms. The summed E-state index contributed by atoms with van der Waals surface area (Å²) in [4.78, 5) is 10.6. The molecule has 0 unspecified atom stereocenters. The quantitative estimate of drug-likeness (QED) is 0.601. The number of nitrogens with zero attached hydrogens (tertiary/aromatic N) is 1. The Balaban J connectivity index is 2.68. The minimum absolute atomic E-state index is 0.635. The number of benzene rings is 1. The Kier molecular flexibility index (Phi) is 1.48. The molecule has 3 N–H and O–H groups in total. The fraction of sp³-hybridized carbons (Fsp3) is 0. The van der Waals surface area contributed by atoms with Gasteiger partial charge in [-0.1, -0.05) is 6.07 Å². The highest BCUT2D eigenvalue weighted by molar-refractivity contribution is 5.88. The molecule has 4 heteroatoms. The lowest BCUT2D eigenvalue weighted by Crippen LogP contribution is -2.03. The second-order valence-corrected chi connectivity index (χ2v) is 2.84. The number of rotatable bonds is 0. The summed E-state index contributed by atoms with van der Waals surface area (Å²) in [6, 6.07) is 5.29. The average molecular weight is 176 g/mol. The number of hydrogen-bond acceptors (Lipinski definition) is 2. The summed E-state index contributed by atoms with van der Waals surface area (Å²) in [5.41, 5.74) is 6.19. The van der Waals surface area contributed by atoms with E-state index in [9.17, 15) is 4.79 Å². The molecule has 0 aliphatic heterocycles. The first-order valence-electron chi connectivity index (χ1n) is 3.77. The zero-order valence-corrected chi connectivity index (χ0v) is 6.77. The van der Waals surface area contributed by atoms with Crippen LogP contribution in [0.3, 0.4) is 0 Å². The Morgan fingerprint density at radius 1 is 1.31 bits per heavy atom. The van der Waals surface area contributed by atoms with Gasteiger partial charge in [0.1, 0.15) is 0 Å². The minimum Gasteiger partial charge on any atom is -0.464 e. The molecule has 0 saturated carbocycles. The molecular formula is C9H8N2O2. The highest BCUT2D eigenvalue weighted by atomic mass is 16.4. The van der Waals surface area contributed by atoms with Gasteiger partial charge < -0.3 is 10.8 Å². The van der Waals surface area contributed by atoms with E-state index in [1.54, 1.807) is 24.4 Å². The van der Waals surface area contributed by atoms with E-state index in [1.165, 1.54) is 6.20 Å². The van der Waals surface area contributed by atoms with Gasteiger partial charge in [0.2, 0.25) is 0 Å². The third-order valence-electron chi connectivity index (χ3n) is 1.89. The molecule has 0 fully saturated rings. The van der Waals surface area contributed by atoms with Crippen LogP contribution in [0.4, 0.5) is 10.5 Å². The lowest BCUT2D eigenvalue weighted by molar-refractivity contribution is 0.196. The summed E-state index contributed by atoms with van der Waals surface area (Å²) in [5.74, 6) is 0. The van der Waals surface area contributed by atoms with Gasteiger partial charge in [-0.2, -0.15) is 0 Å². The van der Waals surface area contributed by atoms with Crippen molar-refractivity contribution < 1.29 is 9.90 Å². The van der Waals surface area contributed by atoms with Gasteiger partial charge in [-0.25, -0.2) is 4.79 Å². The van der Waals surface area contributed by atoms with Crippen molar-refractivity contribution in [1.82, 2.24) is 4.57 Å². The predicted molar refractivity (Wildman–Crippen MR) is 49.8 cm³/mol. The summed E-state index contributed by atoms with van der Waals surface area (Å²) >= 11 is 0. The molecule has 0 atom stereocenters. The Bertz CT molecular complexity index is 473. The Morgan fingerprint density at radius 3 is 2.69 bits per heavy atom. The number of fused-ring (bicyclic) bond motifs is 1. The van der Waals surface area contributed by atoms with Crippen LogP contribution in [-0.2, 0) is 0 Å². The SMILES string of the molecule is Nc1ccc2cn(C(=O)O)cc2c1. The third kappa shape index (κ3) is 1.22. The van der Waals surface area contributed by atoms with Crippen molar-refractivity contribution in [2.24, 2.45) is 0 Å². The monoisotopic (exact) mass is 176 g/mol. The molecule has 66 valence electrons. The van der Waals surface area contributed by atoms with Crippen LogP contribution in [0.5, 0.6) is 0 Å². The zero-order valence-electron chi connectivity index (χ0n) is 6.77. The highest BCUT2D eigenvalue weighted by Crippen LogP contribution is 2.17. The van der Waals surface area contributed by atoms with E-state index in [1.807, 2.05) is 0 Å². The molecule has 2 rings (SSSR count). The van der Waals surface area contributed by atoms with E-state index < -0.39 is 6.09 Å². The van der Waals surface area contributed by atoms with Gasteiger partial charge in [0.15, 0.2) is 0 Å². The van der Waals surface area contributed by atoms with Crippen LogP contribution < -0.4 is 5.73 Å². The molecule has 1 aromatic carbocycles. The van der Waals surface area contributed by atoms with E-state index >= 15 is 0 Å².